The summed E-state index contributed by atoms with van der Waals surface area (Å²) in [5.41, 5.74) is 26.4. The Morgan fingerprint density at radius 3 is 1.18 bits per heavy atom. The van der Waals surface area contributed by atoms with Crippen molar-refractivity contribution in [3.05, 3.63) is 421 Å². The number of rotatable bonds is 4. The van der Waals surface area contributed by atoms with Crippen LogP contribution in [0.1, 0.15) is 44.5 Å². The van der Waals surface area contributed by atoms with Crippen molar-refractivity contribution in [2.45, 2.75) is 10.8 Å². The molecular weight excluding hydrogens is 1410 g/mol. The van der Waals surface area contributed by atoms with Gasteiger partial charge in [0.15, 0.2) is 11.5 Å². The number of aromatic nitrogens is 6. The second kappa shape index (κ2) is 22.9. The maximum atomic E-state index is 7.32. The topological polar surface area (TPSA) is 56.0 Å². The molecule has 114 heavy (non-hydrogen) atoms. The van der Waals surface area contributed by atoms with E-state index in [4.69, 9.17) is 14.5 Å². The van der Waals surface area contributed by atoms with Crippen molar-refractivity contribution < 1.29 is 9.47 Å². The molecule has 0 amide bonds. The quantitative estimate of drug-likeness (QED) is 0.176. The summed E-state index contributed by atoms with van der Waals surface area (Å²) in [4.78, 5) is 5.18. The van der Waals surface area contributed by atoms with E-state index in [1.54, 1.807) is 0 Å². The molecule has 0 radical (unpaired) electrons. The van der Waals surface area contributed by atoms with Gasteiger partial charge in [-0.3, -0.25) is 4.57 Å². The standard InChI is InChI=1S/C56H34N4O.C49H28N2OS/c1-2-15-36(16-3-1)59-50-27-12-8-23-46(50)57-55(59)35-29-31-37(32-30-35)58-47-24-9-4-18-39(47)41-33-34-45-54(53(41)58)61-51-28-13-7-21-43(51)56(45)42-20-6-11-26-49(42)60-48-25-10-5-17-38(48)40-19-14-22-44(56)52(40)60;1-6-19-40-31(13-1)34-25-26-39-48(47(34)50(40)29-24-27-45-35(28-29)32-14-3-10-23-44(32)53-45)52-43-22-9-5-17-37(43)49(39)36-16-4-8-21-42(36)51-41-20-7-2-12-30(41)33-15-11-18-38(49)46(33)51/h1-34H;1-28H. The van der Waals surface area contributed by atoms with Gasteiger partial charge in [-0.15, -0.1) is 11.3 Å². The minimum atomic E-state index is -0.666. The Bertz CT molecular complexity index is 8150. The van der Waals surface area contributed by atoms with Gasteiger partial charge in [-0.05, 0) is 144 Å². The van der Waals surface area contributed by atoms with E-state index in [-0.39, 0.29) is 0 Å². The van der Waals surface area contributed by atoms with Crippen molar-refractivity contribution in [1.29, 1.82) is 0 Å². The van der Waals surface area contributed by atoms with Gasteiger partial charge in [0.05, 0.1) is 77.4 Å². The third-order valence-corrected chi connectivity index (χ3v) is 26.4. The van der Waals surface area contributed by atoms with Gasteiger partial charge >= 0.3 is 0 Å². The Balaban J connectivity index is 0.000000127. The number of para-hydroxylation sites is 13. The monoisotopic (exact) mass is 1470 g/mol. The van der Waals surface area contributed by atoms with Crippen molar-refractivity contribution in [3.8, 4) is 62.8 Å². The molecule has 0 aliphatic carbocycles. The summed E-state index contributed by atoms with van der Waals surface area (Å²) in [5, 5.41) is 12.3. The van der Waals surface area contributed by atoms with E-state index in [0.29, 0.717) is 0 Å². The van der Waals surface area contributed by atoms with Gasteiger partial charge in [0, 0.05) is 108 Å². The molecule has 4 aliphatic rings. The van der Waals surface area contributed by atoms with E-state index in [1.165, 1.54) is 114 Å². The van der Waals surface area contributed by atoms with Crippen LogP contribution in [-0.2, 0) is 10.8 Å². The van der Waals surface area contributed by atoms with Gasteiger partial charge in [-0.2, -0.15) is 0 Å². The highest BCUT2D eigenvalue weighted by Gasteiger charge is 2.53. The van der Waals surface area contributed by atoms with Crippen LogP contribution in [0, 0.1) is 0 Å². The fourth-order valence-corrected chi connectivity index (χ4v) is 22.0. The molecule has 23 aromatic rings. The number of thiophene rings is 1. The molecule has 9 heteroatoms. The Kier molecular flexibility index (Phi) is 12.5. The van der Waals surface area contributed by atoms with E-state index >= 15 is 0 Å². The lowest BCUT2D eigenvalue weighted by Gasteiger charge is -2.45. The minimum Gasteiger partial charge on any atom is -0.454 e. The first kappa shape index (κ1) is 62.0. The summed E-state index contributed by atoms with van der Waals surface area (Å²) in [6, 6.07) is 137. The second-order valence-electron chi connectivity index (χ2n) is 30.6. The fraction of sp³-hybridized carbons (Fsp3) is 0.0190. The van der Waals surface area contributed by atoms with Crippen LogP contribution < -0.4 is 9.47 Å². The van der Waals surface area contributed by atoms with Crippen molar-refractivity contribution in [2.24, 2.45) is 0 Å². The summed E-state index contributed by atoms with van der Waals surface area (Å²) in [6.07, 6.45) is 0. The number of hydrogen-bond acceptors (Lipinski definition) is 4. The average Bonchev–Trinajstić information content (AvgIpc) is 1.23. The lowest BCUT2D eigenvalue weighted by Crippen LogP contribution is -2.37. The van der Waals surface area contributed by atoms with E-state index in [0.717, 1.165) is 112 Å². The van der Waals surface area contributed by atoms with Gasteiger partial charge in [0.1, 0.15) is 17.3 Å². The van der Waals surface area contributed by atoms with Crippen LogP contribution in [0.4, 0.5) is 0 Å². The summed E-state index contributed by atoms with van der Waals surface area (Å²) < 4.78 is 29.3. The fourth-order valence-electron chi connectivity index (χ4n) is 20.9. The highest BCUT2D eigenvalue weighted by atomic mass is 32.1. The van der Waals surface area contributed by atoms with Crippen LogP contribution >= 0.6 is 11.3 Å². The maximum absolute atomic E-state index is 7.32. The molecule has 6 aromatic heterocycles. The molecule has 0 fully saturated rings. The molecule has 27 rings (SSSR count). The SMILES string of the molecule is c1ccc(-n2c(-c3ccc(-n4c5ccccc5c5ccc6c(c54)Oc4ccccc4C64c5ccccc5-n5c6ccccc6c6cccc4c65)cc3)nc3ccccc32)cc1.c1ccc2c(c1)Oc1c(ccc3c4ccccc4n(-c4ccc5sc6ccccc6c5c4)c13)C21c2ccccc2-n2c3ccccc3c3cccc1c32. The smallest absolute Gasteiger partial charge is 0.156 e. The van der Waals surface area contributed by atoms with Crippen LogP contribution in [0.15, 0.2) is 376 Å². The zero-order valence-electron chi connectivity index (χ0n) is 61.2. The van der Waals surface area contributed by atoms with Gasteiger partial charge in [0.25, 0.3) is 0 Å². The molecule has 2 unspecified atom stereocenters. The molecular formula is C105H62N6O2S. The third-order valence-electron chi connectivity index (χ3n) is 25.3. The van der Waals surface area contributed by atoms with Gasteiger partial charge < -0.3 is 27.7 Å². The summed E-state index contributed by atoms with van der Waals surface area (Å²) in [6.45, 7) is 0. The van der Waals surface area contributed by atoms with Crippen LogP contribution in [0.25, 0.3) is 158 Å². The minimum absolute atomic E-state index is 0.631. The van der Waals surface area contributed by atoms with E-state index < -0.39 is 10.8 Å². The van der Waals surface area contributed by atoms with Crippen LogP contribution in [0.5, 0.6) is 23.0 Å². The van der Waals surface area contributed by atoms with Crippen molar-refractivity contribution >= 4 is 130 Å². The zero-order chi connectivity index (χ0) is 74.2. The van der Waals surface area contributed by atoms with Crippen molar-refractivity contribution in [2.75, 3.05) is 0 Å². The summed E-state index contributed by atoms with van der Waals surface area (Å²) >= 11 is 1.86. The Morgan fingerprint density at radius 2 is 0.632 bits per heavy atom. The molecule has 0 saturated heterocycles. The zero-order valence-corrected chi connectivity index (χ0v) is 62.0. The first-order chi connectivity index (χ1) is 56.6. The lowest BCUT2D eigenvalue weighted by atomic mass is 9.61. The molecule has 4 aliphatic heterocycles. The molecule has 0 N–H and O–H groups in total. The molecule has 0 bridgehead atoms. The Hall–Kier alpha value is -14.8. The first-order valence-electron chi connectivity index (χ1n) is 39.1. The van der Waals surface area contributed by atoms with Crippen LogP contribution in [0.2, 0.25) is 0 Å². The van der Waals surface area contributed by atoms with E-state index in [1.807, 2.05) is 11.3 Å². The molecule has 2 spiro atoms. The predicted molar refractivity (Wildman–Crippen MR) is 467 cm³/mol. The van der Waals surface area contributed by atoms with Crippen LogP contribution in [-0.4, -0.2) is 27.8 Å². The lowest BCUT2D eigenvalue weighted by molar-refractivity contribution is 0.437. The number of benzene rings is 17. The van der Waals surface area contributed by atoms with Crippen LogP contribution in [0.3, 0.4) is 0 Å². The number of nitrogens with zero attached hydrogens (tertiary/aromatic N) is 6. The molecule has 8 nitrogen and oxygen atoms in total. The Labute approximate surface area is 656 Å². The molecule has 530 valence electrons. The van der Waals surface area contributed by atoms with Gasteiger partial charge in [-0.1, -0.05) is 255 Å². The summed E-state index contributed by atoms with van der Waals surface area (Å²) in [7, 11) is 0. The number of ether oxygens (including phenoxy) is 2. The highest BCUT2D eigenvalue weighted by molar-refractivity contribution is 7.25. The largest absolute Gasteiger partial charge is 0.454 e. The van der Waals surface area contributed by atoms with Gasteiger partial charge in [0.2, 0.25) is 0 Å². The maximum Gasteiger partial charge on any atom is 0.156 e. The number of fused-ring (bicyclic) bond motifs is 34. The van der Waals surface area contributed by atoms with Gasteiger partial charge in [-0.25, -0.2) is 4.98 Å². The molecule has 10 heterocycles. The second-order valence-corrected chi connectivity index (χ2v) is 31.7. The normalized spacial score (nSPS) is 15.4. The molecule has 0 saturated carbocycles. The predicted octanol–water partition coefficient (Wildman–Crippen LogP) is 26.7. The Morgan fingerprint density at radius 1 is 0.237 bits per heavy atom. The molecule has 2 atom stereocenters. The first-order valence-corrected chi connectivity index (χ1v) is 39.9. The number of hydrogen-bond donors (Lipinski definition) is 0. The summed E-state index contributed by atoms with van der Waals surface area (Å²) in [5.74, 6) is 4.44. The number of imidazole rings is 1. The van der Waals surface area contributed by atoms with Crippen molar-refractivity contribution in [1.82, 2.24) is 27.8 Å². The van der Waals surface area contributed by atoms with E-state index in [2.05, 4.69) is 399 Å². The van der Waals surface area contributed by atoms with E-state index in [9.17, 15) is 0 Å². The van der Waals surface area contributed by atoms with Crippen molar-refractivity contribution in [3.63, 3.8) is 0 Å². The third kappa shape index (κ3) is 7.96. The highest BCUT2D eigenvalue weighted by Crippen LogP contribution is 2.65. The molecule has 17 aromatic carbocycles. The average molecular weight is 1470 g/mol.